The lowest BCUT2D eigenvalue weighted by Gasteiger charge is -2.06. The monoisotopic (exact) mass is 319 g/mol. The smallest absolute Gasteiger partial charge is 0.185 e. The van der Waals surface area contributed by atoms with Gasteiger partial charge in [-0.05, 0) is 52.7 Å². The summed E-state index contributed by atoms with van der Waals surface area (Å²) in [5, 5.41) is 0. The Bertz CT molecular complexity index is 611. The maximum absolute atomic E-state index is 12.1. The number of ketones is 1. The molecule has 4 heteroatoms. The number of aryl methyl sites for hydroxylation is 1. The first-order valence-electron chi connectivity index (χ1n) is 5.89. The van der Waals surface area contributed by atoms with Gasteiger partial charge < -0.3 is 4.74 Å². The van der Waals surface area contributed by atoms with E-state index in [1.165, 1.54) is 0 Å². The Morgan fingerprint density at radius 2 is 2.11 bits per heavy atom. The fraction of sp³-hybridized carbons (Fsp3) is 0.200. The molecule has 0 atom stereocenters. The number of aromatic nitrogens is 1. The molecule has 0 N–H and O–H groups in total. The molecule has 0 fully saturated rings. The minimum atomic E-state index is 0.0146. The summed E-state index contributed by atoms with van der Waals surface area (Å²) in [6, 6.07) is 11.1. The molecule has 0 aliphatic carbocycles. The second-order valence-corrected chi connectivity index (χ2v) is 5.09. The minimum absolute atomic E-state index is 0.0146. The van der Waals surface area contributed by atoms with Gasteiger partial charge in [-0.2, -0.15) is 0 Å². The average Bonchev–Trinajstić information content (AvgIpc) is 2.39. The van der Waals surface area contributed by atoms with Crippen molar-refractivity contribution in [2.75, 3.05) is 7.11 Å². The van der Waals surface area contributed by atoms with Gasteiger partial charge in [0.2, 0.25) is 0 Å². The highest BCUT2D eigenvalue weighted by Crippen LogP contribution is 2.26. The SMILES string of the molecule is COc1ccc(CC(=O)c2cccc(C)n2)cc1Br. The van der Waals surface area contributed by atoms with Gasteiger partial charge in [-0.15, -0.1) is 0 Å². The van der Waals surface area contributed by atoms with Crippen LogP contribution in [-0.4, -0.2) is 17.9 Å². The van der Waals surface area contributed by atoms with Gasteiger partial charge in [-0.25, -0.2) is 0 Å². The maximum Gasteiger partial charge on any atom is 0.185 e. The van der Waals surface area contributed by atoms with Crippen LogP contribution in [0, 0.1) is 6.92 Å². The van der Waals surface area contributed by atoms with Gasteiger partial charge in [0.1, 0.15) is 11.4 Å². The van der Waals surface area contributed by atoms with Crippen LogP contribution in [0.4, 0.5) is 0 Å². The molecule has 0 saturated heterocycles. The second kappa shape index (κ2) is 5.97. The summed E-state index contributed by atoms with van der Waals surface area (Å²) in [7, 11) is 1.61. The molecule has 0 amide bonds. The molecule has 19 heavy (non-hydrogen) atoms. The van der Waals surface area contributed by atoms with Gasteiger partial charge in [0.25, 0.3) is 0 Å². The number of Topliss-reactive ketones (excluding diaryl/α,β-unsaturated/α-hetero) is 1. The number of carbonyl (C=O) groups is 1. The molecule has 0 unspecified atom stereocenters. The van der Waals surface area contributed by atoms with E-state index in [9.17, 15) is 4.79 Å². The molecule has 0 bridgehead atoms. The highest BCUT2D eigenvalue weighted by Gasteiger charge is 2.10. The summed E-state index contributed by atoms with van der Waals surface area (Å²) < 4.78 is 6.01. The highest BCUT2D eigenvalue weighted by molar-refractivity contribution is 9.10. The van der Waals surface area contributed by atoms with E-state index in [-0.39, 0.29) is 5.78 Å². The van der Waals surface area contributed by atoms with Crippen LogP contribution in [0.2, 0.25) is 0 Å². The van der Waals surface area contributed by atoms with E-state index in [0.717, 1.165) is 21.5 Å². The average molecular weight is 320 g/mol. The van der Waals surface area contributed by atoms with Gasteiger partial charge in [0.05, 0.1) is 11.6 Å². The predicted octanol–water partition coefficient (Wildman–Crippen LogP) is 3.59. The Morgan fingerprint density at radius 3 is 2.74 bits per heavy atom. The van der Waals surface area contributed by atoms with E-state index in [1.54, 1.807) is 13.2 Å². The van der Waals surface area contributed by atoms with Gasteiger partial charge >= 0.3 is 0 Å². The van der Waals surface area contributed by atoms with Gasteiger partial charge in [-0.1, -0.05) is 12.1 Å². The number of ether oxygens (including phenoxy) is 1. The van der Waals surface area contributed by atoms with E-state index >= 15 is 0 Å². The molecule has 0 radical (unpaired) electrons. The van der Waals surface area contributed by atoms with Crippen molar-refractivity contribution in [2.24, 2.45) is 0 Å². The number of rotatable bonds is 4. The Hall–Kier alpha value is -1.68. The van der Waals surface area contributed by atoms with Crippen molar-refractivity contribution in [1.82, 2.24) is 4.98 Å². The standard InChI is InChI=1S/C15H14BrNO2/c1-10-4-3-5-13(17-10)14(18)9-11-6-7-15(19-2)12(16)8-11/h3-8H,9H2,1-2H3. The molecule has 2 rings (SSSR count). The molecular weight excluding hydrogens is 306 g/mol. The summed E-state index contributed by atoms with van der Waals surface area (Å²) in [5.74, 6) is 0.769. The number of hydrogen-bond donors (Lipinski definition) is 0. The lowest BCUT2D eigenvalue weighted by molar-refractivity contribution is 0.0988. The number of halogens is 1. The molecule has 0 spiro atoms. The second-order valence-electron chi connectivity index (χ2n) is 4.23. The van der Waals surface area contributed by atoms with Crippen LogP contribution >= 0.6 is 15.9 Å². The molecule has 2 aromatic rings. The van der Waals surface area contributed by atoms with Crippen molar-refractivity contribution in [1.29, 1.82) is 0 Å². The maximum atomic E-state index is 12.1. The zero-order chi connectivity index (χ0) is 13.8. The number of nitrogens with zero attached hydrogens (tertiary/aromatic N) is 1. The fourth-order valence-corrected chi connectivity index (χ4v) is 2.38. The molecule has 1 aromatic carbocycles. The van der Waals surface area contributed by atoms with Crippen molar-refractivity contribution in [3.05, 3.63) is 57.8 Å². The summed E-state index contributed by atoms with van der Waals surface area (Å²) in [6.45, 7) is 1.88. The topological polar surface area (TPSA) is 39.2 Å². The third-order valence-corrected chi connectivity index (χ3v) is 3.37. The first-order chi connectivity index (χ1) is 9.10. The van der Waals surface area contributed by atoms with Crippen LogP contribution < -0.4 is 4.74 Å². The third-order valence-electron chi connectivity index (χ3n) is 2.75. The van der Waals surface area contributed by atoms with Crippen LogP contribution in [0.15, 0.2) is 40.9 Å². The zero-order valence-electron chi connectivity index (χ0n) is 10.8. The van der Waals surface area contributed by atoms with Crippen LogP contribution in [0.1, 0.15) is 21.7 Å². The summed E-state index contributed by atoms with van der Waals surface area (Å²) in [4.78, 5) is 16.4. The zero-order valence-corrected chi connectivity index (χ0v) is 12.4. The number of carbonyl (C=O) groups excluding carboxylic acids is 1. The Labute approximate surface area is 120 Å². The van der Waals surface area contributed by atoms with E-state index in [4.69, 9.17) is 4.74 Å². The molecule has 0 saturated carbocycles. The van der Waals surface area contributed by atoms with E-state index in [0.29, 0.717) is 12.1 Å². The molecular formula is C15H14BrNO2. The molecule has 0 aliphatic rings. The van der Waals surface area contributed by atoms with Crippen LogP contribution in [-0.2, 0) is 6.42 Å². The van der Waals surface area contributed by atoms with Crippen molar-refractivity contribution < 1.29 is 9.53 Å². The summed E-state index contributed by atoms with van der Waals surface area (Å²) >= 11 is 3.41. The molecule has 1 aromatic heterocycles. The number of hydrogen-bond acceptors (Lipinski definition) is 3. The van der Waals surface area contributed by atoms with Gasteiger partial charge in [0.15, 0.2) is 5.78 Å². The largest absolute Gasteiger partial charge is 0.496 e. The highest BCUT2D eigenvalue weighted by atomic mass is 79.9. The van der Waals surface area contributed by atoms with Crippen LogP contribution in [0.5, 0.6) is 5.75 Å². The number of benzene rings is 1. The van der Waals surface area contributed by atoms with Gasteiger partial charge in [-0.3, -0.25) is 9.78 Å². The summed E-state index contributed by atoms with van der Waals surface area (Å²) in [6.07, 6.45) is 0.332. The first kappa shape index (κ1) is 13.7. The molecule has 3 nitrogen and oxygen atoms in total. The van der Waals surface area contributed by atoms with Crippen LogP contribution in [0.3, 0.4) is 0 Å². The third kappa shape index (κ3) is 3.41. The Kier molecular flexibility index (Phi) is 4.32. The lowest BCUT2D eigenvalue weighted by Crippen LogP contribution is -2.06. The van der Waals surface area contributed by atoms with Crippen molar-refractivity contribution in [3.8, 4) is 5.75 Å². The van der Waals surface area contributed by atoms with Crippen molar-refractivity contribution >= 4 is 21.7 Å². The fourth-order valence-electron chi connectivity index (χ4n) is 1.79. The van der Waals surface area contributed by atoms with Gasteiger partial charge in [0, 0.05) is 12.1 Å². The first-order valence-corrected chi connectivity index (χ1v) is 6.68. The lowest BCUT2D eigenvalue weighted by atomic mass is 10.1. The van der Waals surface area contributed by atoms with E-state index in [2.05, 4.69) is 20.9 Å². The predicted molar refractivity (Wildman–Crippen MR) is 77.7 cm³/mol. The Morgan fingerprint density at radius 1 is 1.32 bits per heavy atom. The van der Waals surface area contributed by atoms with Crippen LogP contribution in [0.25, 0.3) is 0 Å². The number of pyridine rings is 1. The number of methoxy groups -OCH3 is 1. The van der Waals surface area contributed by atoms with Crippen molar-refractivity contribution in [3.63, 3.8) is 0 Å². The van der Waals surface area contributed by atoms with E-state index < -0.39 is 0 Å². The minimum Gasteiger partial charge on any atom is -0.496 e. The summed E-state index contributed by atoms with van der Waals surface area (Å²) in [5.41, 5.74) is 2.29. The quantitative estimate of drug-likeness (QED) is 0.808. The van der Waals surface area contributed by atoms with Crippen molar-refractivity contribution in [2.45, 2.75) is 13.3 Å². The Balaban J connectivity index is 2.17. The van der Waals surface area contributed by atoms with E-state index in [1.807, 2.05) is 37.3 Å². The normalized spacial score (nSPS) is 10.3. The molecule has 1 heterocycles. The molecule has 0 aliphatic heterocycles. The molecule has 98 valence electrons.